The Balaban J connectivity index is 2.57. The number of nitriles is 1. The largest absolute Gasteiger partial charge is 0.325 e. The molecule has 0 saturated heterocycles. The molecule has 0 spiro atoms. The highest BCUT2D eigenvalue weighted by Gasteiger charge is 2.12. The van der Waals surface area contributed by atoms with Crippen molar-refractivity contribution in [2.24, 2.45) is 0 Å². The monoisotopic (exact) mass is 259 g/mol. The summed E-state index contributed by atoms with van der Waals surface area (Å²) in [6, 6.07) is 3.50. The SMILES string of the molecule is Cc1[nH]c(=O)c(C#N)cc1-c1csc(C(C)C)n1. The third-order valence-corrected chi connectivity index (χ3v) is 3.80. The van der Waals surface area contributed by atoms with Crippen molar-refractivity contribution in [3.63, 3.8) is 0 Å². The van der Waals surface area contributed by atoms with Crippen LogP contribution >= 0.6 is 11.3 Å². The highest BCUT2D eigenvalue weighted by Crippen LogP contribution is 2.27. The highest BCUT2D eigenvalue weighted by molar-refractivity contribution is 7.10. The second kappa shape index (κ2) is 4.75. The van der Waals surface area contributed by atoms with E-state index in [1.165, 1.54) is 0 Å². The average Bonchev–Trinajstić information content (AvgIpc) is 2.78. The Morgan fingerprint density at radius 3 is 2.78 bits per heavy atom. The van der Waals surface area contributed by atoms with Crippen LogP contribution in [0.3, 0.4) is 0 Å². The molecule has 0 unspecified atom stereocenters. The van der Waals surface area contributed by atoms with Gasteiger partial charge in [0.1, 0.15) is 11.6 Å². The molecule has 2 rings (SSSR count). The number of pyridine rings is 1. The topological polar surface area (TPSA) is 69.5 Å². The van der Waals surface area contributed by atoms with Crippen molar-refractivity contribution >= 4 is 11.3 Å². The molecule has 4 nitrogen and oxygen atoms in total. The molecule has 0 aliphatic heterocycles. The average molecular weight is 259 g/mol. The molecule has 0 aliphatic carbocycles. The van der Waals surface area contributed by atoms with Gasteiger partial charge >= 0.3 is 0 Å². The van der Waals surface area contributed by atoms with Crippen LogP contribution in [0.4, 0.5) is 0 Å². The van der Waals surface area contributed by atoms with E-state index >= 15 is 0 Å². The summed E-state index contributed by atoms with van der Waals surface area (Å²) in [5, 5.41) is 11.9. The fourth-order valence-corrected chi connectivity index (χ4v) is 2.48. The van der Waals surface area contributed by atoms with E-state index in [4.69, 9.17) is 5.26 Å². The Kier molecular flexibility index (Phi) is 3.30. The molecule has 0 saturated carbocycles. The molecule has 1 N–H and O–H groups in total. The van der Waals surface area contributed by atoms with E-state index in [1.807, 2.05) is 18.4 Å². The molecule has 0 amide bonds. The van der Waals surface area contributed by atoms with Gasteiger partial charge in [-0.15, -0.1) is 11.3 Å². The molecule has 0 aromatic carbocycles. The quantitative estimate of drug-likeness (QED) is 0.901. The fraction of sp³-hybridized carbons (Fsp3) is 0.308. The maximum absolute atomic E-state index is 11.5. The standard InChI is InChI=1S/C13H13N3OS/c1-7(2)13-16-11(6-18-13)10-4-9(5-14)12(17)15-8(10)3/h4,6-7H,1-3H3,(H,15,17). The Labute approximate surface area is 109 Å². The van der Waals surface area contributed by atoms with Crippen LogP contribution < -0.4 is 5.56 Å². The third kappa shape index (κ3) is 2.20. The summed E-state index contributed by atoms with van der Waals surface area (Å²) in [6.07, 6.45) is 0. The van der Waals surface area contributed by atoms with E-state index in [0.29, 0.717) is 5.92 Å². The number of nitrogens with one attached hydrogen (secondary N) is 1. The van der Waals surface area contributed by atoms with Gasteiger partial charge in [-0.1, -0.05) is 13.8 Å². The number of aromatic nitrogens is 2. The first-order chi connectivity index (χ1) is 8.52. The van der Waals surface area contributed by atoms with E-state index in [-0.39, 0.29) is 11.1 Å². The van der Waals surface area contributed by atoms with Crippen LogP contribution in [0.25, 0.3) is 11.3 Å². The molecule has 0 atom stereocenters. The van der Waals surface area contributed by atoms with E-state index in [2.05, 4.69) is 23.8 Å². The third-order valence-electron chi connectivity index (χ3n) is 2.65. The fourth-order valence-electron chi connectivity index (χ4n) is 1.65. The number of aryl methyl sites for hydroxylation is 1. The second-order valence-corrected chi connectivity index (χ2v) is 5.28. The van der Waals surface area contributed by atoms with E-state index in [0.717, 1.165) is 22.0 Å². The molecule has 2 aromatic heterocycles. The van der Waals surface area contributed by atoms with E-state index in [1.54, 1.807) is 17.4 Å². The maximum atomic E-state index is 11.5. The van der Waals surface area contributed by atoms with Crippen LogP contribution in [0.2, 0.25) is 0 Å². The first-order valence-electron chi connectivity index (χ1n) is 5.62. The van der Waals surface area contributed by atoms with Crippen molar-refractivity contribution in [3.05, 3.63) is 38.1 Å². The lowest BCUT2D eigenvalue weighted by Gasteiger charge is -2.03. The summed E-state index contributed by atoms with van der Waals surface area (Å²) in [7, 11) is 0. The van der Waals surface area contributed by atoms with Crippen molar-refractivity contribution < 1.29 is 0 Å². The summed E-state index contributed by atoms with van der Waals surface area (Å²) >= 11 is 1.59. The molecule has 5 heteroatoms. The Bertz CT molecular complexity index is 676. The number of thiazole rings is 1. The predicted molar refractivity (Wildman–Crippen MR) is 71.7 cm³/mol. The lowest BCUT2D eigenvalue weighted by atomic mass is 10.1. The van der Waals surface area contributed by atoms with Gasteiger partial charge in [-0.05, 0) is 13.0 Å². The summed E-state index contributed by atoms with van der Waals surface area (Å²) in [6.45, 7) is 5.98. The lowest BCUT2D eigenvalue weighted by Crippen LogP contribution is -2.12. The first-order valence-corrected chi connectivity index (χ1v) is 6.50. The van der Waals surface area contributed by atoms with Crippen LogP contribution in [-0.4, -0.2) is 9.97 Å². The maximum Gasteiger partial charge on any atom is 0.266 e. The summed E-state index contributed by atoms with van der Waals surface area (Å²) in [4.78, 5) is 18.7. The first kappa shape index (κ1) is 12.5. The number of aromatic amines is 1. The van der Waals surface area contributed by atoms with Crippen LogP contribution in [0.5, 0.6) is 0 Å². The summed E-state index contributed by atoms with van der Waals surface area (Å²) in [5.41, 5.74) is 2.13. The van der Waals surface area contributed by atoms with Gasteiger partial charge in [-0.3, -0.25) is 4.79 Å². The number of nitrogens with zero attached hydrogens (tertiary/aromatic N) is 2. The molecule has 2 aromatic rings. The van der Waals surface area contributed by atoms with Crippen molar-refractivity contribution in [2.75, 3.05) is 0 Å². The zero-order valence-electron chi connectivity index (χ0n) is 10.4. The number of H-pyrrole nitrogens is 1. The van der Waals surface area contributed by atoms with Gasteiger partial charge in [0.25, 0.3) is 5.56 Å². The van der Waals surface area contributed by atoms with Gasteiger partial charge in [0.2, 0.25) is 0 Å². The van der Waals surface area contributed by atoms with E-state index < -0.39 is 0 Å². The Morgan fingerprint density at radius 1 is 1.50 bits per heavy atom. The number of hydrogen-bond donors (Lipinski definition) is 1. The van der Waals surface area contributed by atoms with Crippen molar-refractivity contribution in [3.8, 4) is 17.3 Å². The highest BCUT2D eigenvalue weighted by atomic mass is 32.1. The van der Waals surface area contributed by atoms with E-state index in [9.17, 15) is 4.79 Å². The molecule has 0 aliphatic rings. The van der Waals surface area contributed by atoms with Gasteiger partial charge < -0.3 is 4.98 Å². The van der Waals surface area contributed by atoms with Gasteiger partial charge in [-0.25, -0.2) is 4.98 Å². The van der Waals surface area contributed by atoms with Crippen LogP contribution in [0.1, 0.15) is 36.0 Å². The molecular formula is C13H13N3OS. The lowest BCUT2D eigenvalue weighted by molar-refractivity contribution is 0.853. The molecule has 0 radical (unpaired) electrons. The van der Waals surface area contributed by atoms with Gasteiger partial charge in [0.15, 0.2) is 0 Å². The second-order valence-electron chi connectivity index (χ2n) is 4.39. The van der Waals surface area contributed by atoms with Crippen LogP contribution in [0.15, 0.2) is 16.2 Å². The van der Waals surface area contributed by atoms with Crippen LogP contribution in [0, 0.1) is 18.3 Å². The molecule has 0 fully saturated rings. The van der Waals surface area contributed by atoms with Gasteiger partial charge in [-0.2, -0.15) is 5.26 Å². The Hall–Kier alpha value is -1.93. The number of rotatable bonds is 2. The summed E-state index contributed by atoms with van der Waals surface area (Å²) < 4.78 is 0. The van der Waals surface area contributed by atoms with Gasteiger partial charge in [0, 0.05) is 22.6 Å². The minimum absolute atomic E-state index is 0.120. The summed E-state index contributed by atoms with van der Waals surface area (Å²) in [5.74, 6) is 0.377. The van der Waals surface area contributed by atoms with Gasteiger partial charge in [0.05, 0.1) is 10.7 Å². The predicted octanol–water partition coefficient (Wildman–Crippen LogP) is 2.80. The van der Waals surface area contributed by atoms with Crippen molar-refractivity contribution in [1.82, 2.24) is 9.97 Å². The smallest absolute Gasteiger partial charge is 0.266 e. The normalized spacial score (nSPS) is 10.6. The van der Waals surface area contributed by atoms with Crippen molar-refractivity contribution in [1.29, 1.82) is 5.26 Å². The van der Waals surface area contributed by atoms with Crippen LogP contribution in [-0.2, 0) is 0 Å². The molecule has 2 heterocycles. The Morgan fingerprint density at radius 2 is 2.22 bits per heavy atom. The minimum atomic E-state index is -0.349. The molecular weight excluding hydrogens is 246 g/mol. The molecule has 92 valence electrons. The van der Waals surface area contributed by atoms with Crippen molar-refractivity contribution in [2.45, 2.75) is 26.7 Å². The zero-order chi connectivity index (χ0) is 13.3. The zero-order valence-corrected chi connectivity index (χ0v) is 11.3. The minimum Gasteiger partial charge on any atom is -0.325 e. The number of hydrogen-bond acceptors (Lipinski definition) is 4. The molecule has 18 heavy (non-hydrogen) atoms. The molecule has 0 bridgehead atoms.